The van der Waals surface area contributed by atoms with E-state index in [9.17, 15) is 4.79 Å². The van der Waals surface area contributed by atoms with E-state index >= 15 is 0 Å². The summed E-state index contributed by atoms with van der Waals surface area (Å²) >= 11 is 0. The number of rotatable bonds is 3. The number of nitrogens with one attached hydrogen (secondary N) is 1. The molecule has 4 rings (SSSR count). The Hall–Kier alpha value is -3.71. The summed E-state index contributed by atoms with van der Waals surface area (Å²) in [6, 6.07) is 22.2. The van der Waals surface area contributed by atoms with Gasteiger partial charge in [0, 0.05) is 11.6 Å². The van der Waals surface area contributed by atoms with Crippen LogP contribution < -0.4 is 11.1 Å². The van der Waals surface area contributed by atoms with E-state index < -0.39 is 6.09 Å². The third-order valence-electron chi connectivity index (χ3n) is 5.18. The standard InChI is InChI=1S/C25H22N2O2/c1-17-8-6-14-24(26)18(17)13-7-15-27-25(28)29-16-23-21-11-4-2-9-19(21)20-10-3-5-12-22(20)23/h2-6,8-12,14,23H,15-16,26H2,1H3,(H,27,28). The molecule has 1 aliphatic rings. The molecular formula is C25H22N2O2. The number of amides is 1. The molecule has 0 aromatic heterocycles. The highest BCUT2D eigenvalue weighted by Gasteiger charge is 2.28. The lowest BCUT2D eigenvalue weighted by molar-refractivity contribution is 0.144. The number of ether oxygens (including phenoxy) is 1. The van der Waals surface area contributed by atoms with Gasteiger partial charge in [-0.2, -0.15) is 0 Å². The number of alkyl carbamates (subject to hydrolysis) is 1. The van der Waals surface area contributed by atoms with Gasteiger partial charge in [-0.1, -0.05) is 72.5 Å². The van der Waals surface area contributed by atoms with Crippen molar-refractivity contribution in [2.45, 2.75) is 12.8 Å². The van der Waals surface area contributed by atoms with E-state index in [0.29, 0.717) is 5.69 Å². The topological polar surface area (TPSA) is 64.3 Å². The van der Waals surface area contributed by atoms with Crippen LogP contribution in [-0.4, -0.2) is 19.2 Å². The zero-order chi connectivity index (χ0) is 20.2. The first-order chi connectivity index (χ1) is 14.1. The van der Waals surface area contributed by atoms with E-state index in [0.717, 1.165) is 11.1 Å². The van der Waals surface area contributed by atoms with E-state index in [2.05, 4.69) is 41.4 Å². The molecule has 0 fully saturated rings. The van der Waals surface area contributed by atoms with Gasteiger partial charge in [0.05, 0.1) is 12.1 Å². The van der Waals surface area contributed by atoms with Gasteiger partial charge in [-0.15, -0.1) is 0 Å². The van der Waals surface area contributed by atoms with Crippen molar-refractivity contribution < 1.29 is 9.53 Å². The minimum atomic E-state index is -0.473. The summed E-state index contributed by atoms with van der Waals surface area (Å²) < 4.78 is 5.50. The van der Waals surface area contributed by atoms with Crippen LogP contribution in [0.1, 0.15) is 28.2 Å². The molecular weight excluding hydrogens is 360 g/mol. The largest absolute Gasteiger partial charge is 0.449 e. The van der Waals surface area contributed by atoms with Crippen molar-refractivity contribution in [2.75, 3.05) is 18.9 Å². The molecule has 3 aromatic carbocycles. The summed E-state index contributed by atoms with van der Waals surface area (Å²) in [5.41, 5.74) is 13.2. The first-order valence-electron chi connectivity index (χ1n) is 9.58. The number of hydrogen-bond acceptors (Lipinski definition) is 3. The number of fused-ring (bicyclic) bond motifs is 3. The maximum atomic E-state index is 12.1. The van der Waals surface area contributed by atoms with E-state index in [1.165, 1.54) is 22.3 Å². The first-order valence-corrected chi connectivity index (χ1v) is 9.58. The highest BCUT2D eigenvalue weighted by atomic mass is 16.5. The zero-order valence-electron chi connectivity index (χ0n) is 16.2. The van der Waals surface area contributed by atoms with Crippen LogP contribution >= 0.6 is 0 Å². The fourth-order valence-corrected chi connectivity index (χ4v) is 3.76. The molecule has 0 bridgehead atoms. The van der Waals surface area contributed by atoms with E-state index in [-0.39, 0.29) is 19.1 Å². The molecule has 4 nitrogen and oxygen atoms in total. The van der Waals surface area contributed by atoms with Crippen LogP contribution in [0.4, 0.5) is 10.5 Å². The molecule has 4 heteroatoms. The maximum absolute atomic E-state index is 12.1. The smallest absolute Gasteiger partial charge is 0.407 e. The molecule has 0 saturated carbocycles. The maximum Gasteiger partial charge on any atom is 0.407 e. The molecule has 0 radical (unpaired) electrons. The summed E-state index contributed by atoms with van der Waals surface area (Å²) in [7, 11) is 0. The Morgan fingerprint density at radius 2 is 1.66 bits per heavy atom. The molecule has 1 amide bonds. The number of anilines is 1. The lowest BCUT2D eigenvalue weighted by atomic mass is 9.98. The molecule has 0 heterocycles. The van der Waals surface area contributed by atoms with Gasteiger partial charge in [-0.3, -0.25) is 0 Å². The van der Waals surface area contributed by atoms with Crippen LogP contribution in [0.5, 0.6) is 0 Å². The summed E-state index contributed by atoms with van der Waals surface area (Å²) in [4.78, 5) is 12.1. The molecule has 0 unspecified atom stereocenters. The number of nitrogen functional groups attached to an aromatic ring is 1. The van der Waals surface area contributed by atoms with Crippen molar-refractivity contribution in [3.63, 3.8) is 0 Å². The predicted molar refractivity (Wildman–Crippen MR) is 116 cm³/mol. The first kappa shape index (κ1) is 18.6. The van der Waals surface area contributed by atoms with Crippen LogP contribution in [0.3, 0.4) is 0 Å². The van der Waals surface area contributed by atoms with Crippen molar-refractivity contribution in [3.8, 4) is 23.0 Å². The Morgan fingerprint density at radius 3 is 2.31 bits per heavy atom. The summed E-state index contributed by atoms with van der Waals surface area (Å²) in [6.07, 6.45) is -0.473. The number of benzene rings is 3. The van der Waals surface area contributed by atoms with E-state index in [1.807, 2.05) is 49.4 Å². The summed E-state index contributed by atoms with van der Waals surface area (Å²) in [5.74, 6) is 5.99. The van der Waals surface area contributed by atoms with Gasteiger partial charge >= 0.3 is 6.09 Å². The summed E-state index contributed by atoms with van der Waals surface area (Å²) in [5, 5.41) is 2.69. The van der Waals surface area contributed by atoms with Crippen molar-refractivity contribution in [1.82, 2.24) is 5.32 Å². The Kier molecular flexibility index (Phi) is 5.22. The van der Waals surface area contributed by atoms with E-state index in [4.69, 9.17) is 10.5 Å². The monoisotopic (exact) mass is 382 g/mol. The lowest BCUT2D eigenvalue weighted by Gasteiger charge is -2.14. The number of nitrogens with two attached hydrogens (primary N) is 1. The number of carbonyl (C=O) groups is 1. The van der Waals surface area contributed by atoms with E-state index in [1.54, 1.807) is 0 Å². The minimum Gasteiger partial charge on any atom is -0.449 e. The van der Waals surface area contributed by atoms with Gasteiger partial charge in [-0.25, -0.2) is 4.79 Å². The molecule has 29 heavy (non-hydrogen) atoms. The molecule has 1 aliphatic carbocycles. The molecule has 0 aliphatic heterocycles. The van der Waals surface area contributed by atoms with Crippen molar-refractivity contribution in [3.05, 3.63) is 89.0 Å². The predicted octanol–water partition coefficient (Wildman–Crippen LogP) is 4.47. The van der Waals surface area contributed by atoms with Gasteiger partial charge < -0.3 is 15.8 Å². The molecule has 3 aromatic rings. The van der Waals surface area contributed by atoms with Crippen LogP contribution in [0.25, 0.3) is 11.1 Å². The Labute approximate surface area is 170 Å². The van der Waals surface area contributed by atoms with Gasteiger partial charge in [0.1, 0.15) is 6.61 Å². The Balaban J connectivity index is 1.37. The Bertz CT molecular complexity index is 1060. The summed E-state index contributed by atoms with van der Waals surface area (Å²) in [6.45, 7) is 2.45. The molecule has 0 saturated heterocycles. The van der Waals surface area contributed by atoms with Crippen molar-refractivity contribution >= 4 is 11.8 Å². The second kappa shape index (κ2) is 8.12. The van der Waals surface area contributed by atoms with Crippen LogP contribution in [-0.2, 0) is 4.74 Å². The highest BCUT2D eigenvalue weighted by Crippen LogP contribution is 2.44. The number of hydrogen-bond donors (Lipinski definition) is 2. The van der Waals surface area contributed by atoms with Crippen LogP contribution in [0, 0.1) is 18.8 Å². The van der Waals surface area contributed by atoms with Crippen LogP contribution in [0.15, 0.2) is 66.7 Å². The average Bonchev–Trinajstić information content (AvgIpc) is 3.05. The molecule has 0 spiro atoms. The quantitative estimate of drug-likeness (QED) is 0.519. The van der Waals surface area contributed by atoms with Crippen molar-refractivity contribution in [2.24, 2.45) is 0 Å². The van der Waals surface area contributed by atoms with Gasteiger partial charge in [0.2, 0.25) is 0 Å². The highest BCUT2D eigenvalue weighted by molar-refractivity contribution is 5.79. The molecule has 3 N–H and O–H groups in total. The Morgan fingerprint density at radius 1 is 1.00 bits per heavy atom. The lowest BCUT2D eigenvalue weighted by Crippen LogP contribution is -2.26. The second-order valence-corrected chi connectivity index (χ2v) is 7.02. The second-order valence-electron chi connectivity index (χ2n) is 7.02. The number of carbonyl (C=O) groups excluding carboxylic acids is 1. The fourth-order valence-electron chi connectivity index (χ4n) is 3.76. The normalized spacial score (nSPS) is 11.8. The third-order valence-corrected chi connectivity index (χ3v) is 5.18. The van der Waals surface area contributed by atoms with Crippen LogP contribution in [0.2, 0.25) is 0 Å². The van der Waals surface area contributed by atoms with Gasteiger partial charge in [0.25, 0.3) is 0 Å². The van der Waals surface area contributed by atoms with Crippen molar-refractivity contribution in [1.29, 1.82) is 0 Å². The molecule has 144 valence electrons. The fraction of sp³-hybridized carbons (Fsp3) is 0.160. The molecule has 0 atom stereocenters. The van der Waals surface area contributed by atoms with Gasteiger partial charge in [-0.05, 0) is 40.8 Å². The minimum absolute atomic E-state index is 0.0472. The SMILES string of the molecule is Cc1cccc(N)c1C#CCNC(=O)OCC1c2ccccc2-c2ccccc21. The van der Waals surface area contributed by atoms with Gasteiger partial charge in [0.15, 0.2) is 0 Å². The zero-order valence-corrected chi connectivity index (χ0v) is 16.2. The third kappa shape index (κ3) is 3.81. The number of aryl methyl sites for hydroxylation is 1. The average molecular weight is 382 g/mol.